The van der Waals surface area contributed by atoms with Crippen LogP contribution in [0.25, 0.3) is 0 Å². The van der Waals surface area contributed by atoms with E-state index in [1.807, 2.05) is 0 Å². The molecule has 0 amide bonds. The van der Waals surface area contributed by atoms with Gasteiger partial charge in [0.15, 0.2) is 5.43 Å². The zero-order valence-electron chi connectivity index (χ0n) is 8.22. The van der Waals surface area contributed by atoms with E-state index >= 15 is 0 Å². The number of H-pyrrole nitrogens is 1. The first-order chi connectivity index (χ1) is 7.52. The molecule has 0 bridgehead atoms. The summed E-state index contributed by atoms with van der Waals surface area (Å²) >= 11 is 5.44. The first-order valence-electron chi connectivity index (χ1n) is 4.19. The van der Waals surface area contributed by atoms with Crippen LogP contribution in [-0.4, -0.2) is 18.1 Å². The van der Waals surface area contributed by atoms with E-state index in [1.165, 1.54) is 0 Å². The third-order valence-corrected chi connectivity index (χ3v) is 2.24. The lowest BCUT2D eigenvalue weighted by Gasteiger charge is -2.06. The molecule has 0 aliphatic heterocycles. The van der Waals surface area contributed by atoms with Crippen molar-refractivity contribution in [2.75, 3.05) is 7.11 Å². The van der Waals surface area contributed by atoms with Crippen LogP contribution in [0, 0.1) is 0 Å². The maximum absolute atomic E-state index is 12.4. The molecule has 0 aliphatic carbocycles. The lowest BCUT2D eigenvalue weighted by Crippen LogP contribution is -2.21. The smallest absolute Gasteiger partial charge is 0.354 e. The summed E-state index contributed by atoms with van der Waals surface area (Å²) in [6.07, 6.45) is -2.13. The van der Waals surface area contributed by atoms with Crippen LogP contribution in [0.5, 0.6) is 0 Å². The topological polar surface area (TPSA) is 59.2 Å². The number of methoxy groups -OCH3 is 1. The maximum Gasteiger partial charge on any atom is 0.354 e. The van der Waals surface area contributed by atoms with Gasteiger partial charge in [0.05, 0.1) is 18.6 Å². The van der Waals surface area contributed by atoms with Crippen LogP contribution >= 0.6 is 11.6 Å². The first-order valence-corrected chi connectivity index (χ1v) is 4.73. The third-order valence-electron chi connectivity index (χ3n) is 1.97. The Morgan fingerprint density at radius 1 is 1.62 bits per heavy atom. The van der Waals surface area contributed by atoms with Crippen molar-refractivity contribution in [3.8, 4) is 0 Å². The number of alkyl halides is 3. The van der Waals surface area contributed by atoms with Gasteiger partial charge in [-0.2, -0.15) is 0 Å². The number of esters is 1. The zero-order chi connectivity index (χ0) is 12.3. The lowest BCUT2D eigenvalue weighted by atomic mass is 10.1. The lowest BCUT2D eigenvalue weighted by molar-refractivity contribution is 0.0592. The van der Waals surface area contributed by atoms with Gasteiger partial charge in [-0.25, -0.2) is 13.6 Å². The molecule has 0 unspecified atom stereocenters. The highest BCUT2D eigenvalue weighted by Gasteiger charge is 2.21. The molecule has 1 aromatic rings. The average Bonchev–Trinajstić information content (AvgIpc) is 2.26. The molecule has 16 heavy (non-hydrogen) atoms. The Labute approximate surface area is 94.2 Å². The Kier molecular flexibility index (Phi) is 4.00. The molecule has 0 aliphatic rings. The van der Waals surface area contributed by atoms with E-state index in [0.717, 1.165) is 13.3 Å². The second kappa shape index (κ2) is 5.07. The van der Waals surface area contributed by atoms with Gasteiger partial charge in [0.2, 0.25) is 0 Å². The Morgan fingerprint density at radius 3 is 2.69 bits per heavy atom. The van der Waals surface area contributed by atoms with Crippen molar-refractivity contribution in [3.63, 3.8) is 0 Å². The largest absolute Gasteiger partial charge is 0.464 e. The van der Waals surface area contributed by atoms with Gasteiger partial charge in [-0.15, -0.1) is 11.6 Å². The van der Waals surface area contributed by atoms with Gasteiger partial charge in [0.25, 0.3) is 6.43 Å². The second-order valence-electron chi connectivity index (χ2n) is 2.85. The fraction of sp³-hybridized carbons (Fsp3) is 0.333. The standard InChI is InChI=1S/C9H8ClF2NO3/c1-16-9(15)6-4(2-10)7(14)5(3-13-6)8(11)12/h3,8H,2H2,1H3,(H,13,14). The Balaban J connectivity index is 3.41. The molecule has 0 radical (unpaired) electrons. The van der Waals surface area contributed by atoms with Crippen LogP contribution in [0.15, 0.2) is 11.0 Å². The molecule has 0 fully saturated rings. The van der Waals surface area contributed by atoms with Crippen LogP contribution in [0.2, 0.25) is 0 Å². The Morgan fingerprint density at radius 2 is 2.25 bits per heavy atom. The summed E-state index contributed by atoms with van der Waals surface area (Å²) in [6, 6.07) is 0. The van der Waals surface area contributed by atoms with Crippen molar-refractivity contribution in [2.45, 2.75) is 12.3 Å². The number of pyridine rings is 1. The van der Waals surface area contributed by atoms with Crippen molar-refractivity contribution in [1.29, 1.82) is 0 Å². The maximum atomic E-state index is 12.4. The van der Waals surface area contributed by atoms with Crippen molar-refractivity contribution in [1.82, 2.24) is 4.98 Å². The van der Waals surface area contributed by atoms with Crippen LogP contribution in [0.1, 0.15) is 28.0 Å². The number of carbonyl (C=O) groups excluding carboxylic acids is 1. The molecule has 0 spiro atoms. The van der Waals surface area contributed by atoms with E-state index in [2.05, 4.69) is 9.72 Å². The minimum absolute atomic E-state index is 0.202. The van der Waals surface area contributed by atoms with Gasteiger partial charge in [-0.3, -0.25) is 4.79 Å². The highest BCUT2D eigenvalue weighted by Crippen LogP contribution is 2.16. The minimum atomic E-state index is -2.92. The molecule has 4 nitrogen and oxygen atoms in total. The predicted molar refractivity (Wildman–Crippen MR) is 52.9 cm³/mol. The Hall–Kier alpha value is -1.43. The average molecular weight is 252 g/mol. The van der Waals surface area contributed by atoms with Crippen LogP contribution in [-0.2, 0) is 10.6 Å². The number of hydrogen-bond acceptors (Lipinski definition) is 3. The van der Waals surface area contributed by atoms with Gasteiger partial charge >= 0.3 is 5.97 Å². The molecular formula is C9H8ClF2NO3. The van der Waals surface area contributed by atoms with E-state index in [9.17, 15) is 18.4 Å². The number of aromatic amines is 1. The van der Waals surface area contributed by atoms with Crippen LogP contribution < -0.4 is 5.43 Å². The van der Waals surface area contributed by atoms with E-state index in [1.54, 1.807) is 0 Å². The fourth-order valence-electron chi connectivity index (χ4n) is 1.16. The summed E-state index contributed by atoms with van der Waals surface area (Å²) in [7, 11) is 1.11. The molecule has 1 rings (SSSR count). The van der Waals surface area contributed by atoms with E-state index in [4.69, 9.17) is 11.6 Å². The van der Waals surface area contributed by atoms with Gasteiger partial charge in [0, 0.05) is 11.8 Å². The quantitative estimate of drug-likeness (QED) is 0.659. The number of carbonyl (C=O) groups is 1. The highest BCUT2D eigenvalue weighted by molar-refractivity contribution is 6.17. The monoisotopic (exact) mass is 251 g/mol. The summed E-state index contributed by atoms with van der Waals surface area (Å²) in [5.74, 6) is -1.17. The minimum Gasteiger partial charge on any atom is -0.464 e. The molecule has 0 saturated heterocycles. The highest BCUT2D eigenvalue weighted by atomic mass is 35.5. The number of rotatable bonds is 3. The number of nitrogens with one attached hydrogen (secondary N) is 1. The summed E-state index contributed by atoms with van der Waals surface area (Å²) in [5.41, 5.74) is -2.08. The zero-order valence-corrected chi connectivity index (χ0v) is 8.98. The molecule has 7 heteroatoms. The summed E-state index contributed by atoms with van der Waals surface area (Å²) < 4.78 is 29.1. The van der Waals surface area contributed by atoms with Crippen molar-refractivity contribution < 1.29 is 18.3 Å². The normalized spacial score (nSPS) is 10.6. The molecule has 0 aromatic carbocycles. The predicted octanol–water partition coefficient (Wildman–Crippen LogP) is 1.84. The molecule has 1 heterocycles. The summed E-state index contributed by atoms with van der Waals surface area (Å²) in [5, 5.41) is 0. The Bertz CT molecular complexity index is 459. The van der Waals surface area contributed by atoms with Crippen molar-refractivity contribution >= 4 is 17.6 Å². The molecule has 0 atom stereocenters. The van der Waals surface area contributed by atoms with Crippen molar-refractivity contribution in [3.05, 3.63) is 33.2 Å². The van der Waals surface area contributed by atoms with Crippen LogP contribution in [0.4, 0.5) is 8.78 Å². The number of hydrogen-bond donors (Lipinski definition) is 1. The second-order valence-corrected chi connectivity index (χ2v) is 3.12. The third kappa shape index (κ3) is 2.21. The van der Waals surface area contributed by atoms with E-state index in [-0.39, 0.29) is 17.1 Å². The van der Waals surface area contributed by atoms with Gasteiger partial charge < -0.3 is 9.72 Å². The van der Waals surface area contributed by atoms with E-state index < -0.39 is 23.4 Å². The molecule has 1 aromatic heterocycles. The van der Waals surface area contributed by atoms with Crippen molar-refractivity contribution in [2.24, 2.45) is 0 Å². The molecule has 1 N–H and O–H groups in total. The summed E-state index contributed by atoms with van der Waals surface area (Å²) in [4.78, 5) is 25.0. The SMILES string of the molecule is COC(=O)c1[nH]cc(C(F)F)c(=O)c1CCl. The van der Waals surface area contributed by atoms with Gasteiger partial charge in [-0.1, -0.05) is 0 Å². The molecule has 88 valence electrons. The van der Waals surface area contributed by atoms with Crippen LogP contribution in [0.3, 0.4) is 0 Å². The van der Waals surface area contributed by atoms with E-state index in [0.29, 0.717) is 0 Å². The van der Waals surface area contributed by atoms with Gasteiger partial charge in [0.1, 0.15) is 5.69 Å². The van der Waals surface area contributed by atoms with Gasteiger partial charge in [-0.05, 0) is 0 Å². The molecule has 0 saturated carbocycles. The number of aromatic nitrogens is 1. The fourth-order valence-corrected chi connectivity index (χ4v) is 1.42. The molecular weight excluding hydrogens is 244 g/mol. The summed E-state index contributed by atoms with van der Waals surface area (Å²) in [6.45, 7) is 0. The first kappa shape index (κ1) is 12.6. The number of halogens is 3. The number of ether oxygens (including phenoxy) is 1.